The van der Waals surface area contributed by atoms with Crippen molar-refractivity contribution in [2.75, 3.05) is 39.6 Å². The van der Waals surface area contributed by atoms with Crippen LogP contribution in [-0.4, -0.2) is 51.6 Å². The molecule has 0 atom stereocenters. The van der Waals surface area contributed by atoms with Gasteiger partial charge < -0.3 is 18.9 Å². The zero-order valence-electron chi connectivity index (χ0n) is 21.7. The highest BCUT2D eigenvalue weighted by atomic mass is 16.6. The molecule has 0 aliphatic carbocycles. The summed E-state index contributed by atoms with van der Waals surface area (Å²) in [5.74, 6) is -0.390. The number of esters is 2. The van der Waals surface area contributed by atoms with Crippen LogP contribution in [0, 0.1) is 0 Å². The Morgan fingerprint density at radius 2 is 0.879 bits per heavy atom. The lowest BCUT2D eigenvalue weighted by Gasteiger charge is -2.07. The molecular formula is C27H52O6. The van der Waals surface area contributed by atoms with E-state index in [1.54, 1.807) is 6.92 Å². The molecule has 196 valence electrons. The molecule has 0 fully saturated rings. The fraction of sp³-hybridized carbons (Fsp3) is 0.926. The molecule has 0 aliphatic heterocycles. The molecule has 33 heavy (non-hydrogen) atoms. The summed E-state index contributed by atoms with van der Waals surface area (Å²) in [6, 6.07) is 0. The quantitative estimate of drug-likeness (QED) is 0.102. The van der Waals surface area contributed by atoms with E-state index in [0.29, 0.717) is 39.5 Å². The Balaban J connectivity index is 3.18. The Morgan fingerprint density at radius 3 is 1.39 bits per heavy atom. The largest absolute Gasteiger partial charge is 0.466 e. The van der Waals surface area contributed by atoms with E-state index in [-0.39, 0.29) is 25.0 Å². The van der Waals surface area contributed by atoms with Crippen molar-refractivity contribution in [3.05, 3.63) is 0 Å². The Kier molecular flexibility index (Phi) is 26.2. The van der Waals surface area contributed by atoms with Gasteiger partial charge in [-0.2, -0.15) is 0 Å². The fourth-order valence-electron chi connectivity index (χ4n) is 3.64. The standard InChI is InChI=1S/C27H52O6/c1-3-5-6-7-8-9-10-11-12-13-14-15-16-17-18-19-26(28)33-25-24-31-23-22-30-21-20-27(29)32-4-2/h3-25H2,1-2H3. The van der Waals surface area contributed by atoms with Gasteiger partial charge in [0.25, 0.3) is 0 Å². The molecule has 6 nitrogen and oxygen atoms in total. The van der Waals surface area contributed by atoms with Gasteiger partial charge in [-0.15, -0.1) is 0 Å². The second kappa shape index (κ2) is 27.1. The van der Waals surface area contributed by atoms with Gasteiger partial charge >= 0.3 is 11.9 Å². The lowest BCUT2D eigenvalue weighted by Crippen LogP contribution is -2.14. The third-order valence-electron chi connectivity index (χ3n) is 5.60. The second-order valence-corrected chi connectivity index (χ2v) is 8.70. The predicted molar refractivity (Wildman–Crippen MR) is 133 cm³/mol. The van der Waals surface area contributed by atoms with E-state index < -0.39 is 0 Å². The molecule has 0 rings (SSSR count). The zero-order chi connectivity index (χ0) is 24.2. The molecule has 0 spiro atoms. The van der Waals surface area contributed by atoms with E-state index in [1.165, 1.54) is 83.5 Å². The maximum Gasteiger partial charge on any atom is 0.308 e. The van der Waals surface area contributed by atoms with Crippen LogP contribution in [0.3, 0.4) is 0 Å². The van der Waals surface area contributed by atoms with Crippen molar-refractivity contribution in [2.24, 2.45) is 0 Å². The van der Waals surface area contributed by atoms with E-state index in [0.717, 1.165) is 12.8 Å². The Morgan fingerprint density at radius 1 is 0.455 bits per heavy atom. The van der Waals surface area contributed by atoms with Crippen LogP contribution in [0.1, 0.15) is 123 Å². The Labute approximate surface area is 203 Å². The van der Waals surface area contributed by atoms with E-state index in [9.17, 15) is 9.59 Å². The van der Waals surface area contributed by atoms with Gasteiger partial charge in [0.05, 0.1) is 39.5 Å². The molecule has 0 saturated carbocycles. The average molecular weight is 473 g/mol. The molecule has 0 bridgehead atoms. The number of ether oxygens (including phenoxy) is 4. The lowest BCUT2D eigenvalue weighted by atomic mass is 10.0. The molecular weight excluding hydrogens is 420 g/mol. The van der Waals surface area contributed by atoms with Crippen molar-refractivity contribution >= 4 is 11.9 Å². The molecule has 0 heterocycles. The minimum Gasteiger partial charge on any atom is -0.466 e. The SMILES string of the molecule is CCCCCCCCCCCCCCCCCC(=O)OCCOCCOCCC(=O)OCC. The molecule has 0 aromatic carbocycles. The number of hydrogen-bond donors (Lipinski definition) is 0. The molecule has 0 unspecified atom stereocenters. The highest BCUT2D eigenvalue weighted by molar-refractivity contribution is 5.69. The van der Waals surface area contributed by atoms with Gasteiger partial charge in [0.2, 0.25) is 0 Å². The number of carbonyl (C=O) groups is 2. The van der Waals surface area contributed by atoms with E-state index in [2.05, 4.69) is 6.92 Å². The summed E-state index contributed by atoms with van der Waals surface area (Å²) in [5, 5.41) is 0. The summed E-state index contributed by atoms with van der Waals surface area (Å²) < 4.78 is 20.6. The van der Waals surface area contributed by atoms with Crippen LogP contribution in [0.25, 0.3) is 0 Å². The zero-order valence-corrected chi connectivity index (χ0v) is 21.7. The van der Waals surface area contributed by atoms with Gasteiger partial charge in [-0.05, 0) is 13.3 Å². The van der Waals surface area contributed by atoms with Crippen LogP contribution in [0.15, 0.2) is 0 Å². The number of unbranched alkanes of at least 4 members (excludes halogenated alkanes) is 14. The van der Waals surface area contributed by atoms with Gasteiger partial charge in [-0.25, -0.2) is 0 Å². The van der Waals surface area contributed by atoms with Crippen molar-refractivity contribution in [1.29, 1.82) is 0 Å². The van der Waals surface area contributed by atoms with Crippen LogP contribution >= 0.6 is 0 Å². The smallest absolute Gasteiger partial charge is 0.308 e. The summed E-state index contributed by atoms with van der Waals surface area (Å²) >= 11 is 0. The first kappa shape index (κ1) is 31.9. The van der Waals surface area contributed by atoms with Crippen LogP contribution < -0.4 is 0 Å². The van der Waals surface area contributed by atoms with Gasteiger partial charge in [0.1, 0.15) is 6.61 Å². The van der Waals surface area contributed by atoms with Crippen molar-refractivity contribution in [1.82, 2.24) is 0 Å². The Hall–Kier alpha value is -1.14. The summed E-state index contributed by atoms with van der Waals surface area (Å²) in [6.45, 7) is 6.24. The van der Waals surface area contributed by atoms with Crippen molar-refractivity contribution < 1.29 is 28.5 Å². The third kappa shape index (κ3) is 27.0. The van der Waals surface area contributed by atoms with Crippen LogP contribution in [-0.2, 0) is 28.5 Å². The summed E-state index contributed by atoms with van der Waals surface area (Å²) in [7, 11) is 0. The topological polar surface area (TPSA) is 71.1 Å². The average Bonchev–Trinajstić information content (AvgIpc) is 2.80. The fourth-order valence-corrected chi connectivity index (χ4v) is 3.64. The first-order valence-electron chi connectivity index (χ1n) is 13.7. The van der Waals surface area contributed by atoms with E-state index >= 15 is 0 Å². The molecule has 0 amide bonds. The van der Waals surface area contributed by atoms with Gasteiger partial charge in [0.15, 0.2) is 0 Å². The van der Waals surface area contributed by atoms with Crippen molar-refractivity contribution in [2.45, 2.75) is 123 Å². The molecule has 6 heteroatoms. The summed E-state index contributed by atoms with van der Waals surface area (Å²) in [6.07, 6.45) is 20.5. The Bertz CT molecular complexity index is 427. The number of rotatable bonds is 26. The number of hydrogen-bond acceptors (Lipinski definition) is 6. The number of carbonyl (C=O) groups excluding carboxylic acids is 2. The molecule has 0 saturated heterocycles. The predicted octanol–water partition coefficient (Wildman–Crippen LogP) is 6.78. The first-order chi connectivity index (χ1) is 16.2. The van der Waals surface area contributed by atoms with Gasteiger partial charge in [0, 0.05) is 6.42 Å². The molecule has 0 aromatic rings. The highest BCUT2D eigenvalue weighted by Gasteiger charge is 2.03. The van der Waals surface area contributed by atoms with Crippen molar-refractivity contribution in [3.8, 4) is 0 Å². The second-order valence-electron chi connectivity index (χ2n) is 8.70. The molecule has 0 radical (unpaired) electrons. The molecule has 0 aromatic heterocycles. The normalized spacial score (nSPS) is 11.0. The van der Waals surface area contributed by atoms with Crippen LogP contribution in [0.2, 0.25) is 0 Å². The van der Waals surface area contributed by atoms with Gasteiger partial charge in [-0.1, -0.05) is 96.8 Å². The van der Waals surface area contributed by atoms with Crippen LogP contribution in [0.4, 0.5) is 0 Å². The lowest BCUT2D eigenvalue weighted by molar-refractivity contribution is -0.145. The monoisotopic (exact) mass is 472 g/mol. The maximum absolute atomic E-state index is 11.7. The highest BCUT2D eigenvalue weighted by Crippen LogP contribution is 2.13. The van der Waals surface area contributed by atoms with E-state index in [1.807, 2.05) is 0 Å². The summed E-state index contributed by atoms with van der Waals surface area (Å²) in [5.41, 5.74) is 0. The van der Waals surface area contributed by atoms with Gasteiger partial charge in [-0.3, -0.25) is 9.59 Å². The minimum absolute atomic E-state index is 0.140. The molecule has 0 N–H and O–H groups in total. The summed E-state index contributed by atoms with van der Waals surface area (Å²) in [4.78, 5) is 22.8. The van der Waals surface area contributed by atoms with Crippen molar-refractivity contribution in [3.63, 3.8) is 0 Å². The van der Waals surface area contributed by atoms with Crippen LogP contribution in [0.5, 0.6) is 0 Å². The molecule has 0 aliphatic rings. The maximum atomic E-state index is 11.7. The van der Waals surface area contributed by atoms with E-state index in [4.69, 9.17) is 18.9 Å². The first-order valence-corrected chi connectivity index (χ1v) is 13.7. The minimum atomic E-state index is -0.251. The third-order valence-corrected chi connectivity index (χ3v) is 5.60.